The molecule has 0 bridgehead atoms. The van der Waals surface area contributed by atoms with E-state index in [0.717, 1.165) is 11.4 Å². The van der Waals surface area contributed by atoms with E-state index in [4.69, 9.17) is 81.2 Å². The molecule has 2 nitrogen and oxygen atoms in total. The van der Waals surface area contributed by atoms with Crippen LogP contribution in [0, 0.1) is 0 Å². The molecule has 0 saturated carbocycles. The molecule has 1 heterocycles. The van der Waals surface area contributed by atoms with Crippen LogP contribution < -0.4 is 9.80 Å². The molecular formula is C16H11Cl7N2. The Morgan fingerprint density at radius 3 is 1.24 bits per heavy atom. The highest BCUT2D eigenvalue weighted by Gasteiger charge is 2.46. The van der Waals surface area contributed by atoms with Crippen LogP contribution in [-0.2, 0) is 0 Å². The molecule has 1 aliphatic heterocycles. The Labute approximate surface area is 181 Å². The first kappa shape index (κ1) is 19.8. The van der Waals surface area contributed by atoms with E-state index in [-0.39, 0.29) is 0 Å². The summed E-state index contributed by atoms with van der Waals surface area (Å²) in [5.41, 5.74) is 1.54. The Bertz CT molecular complexity index is 691. The summed E-state index contributed by atoms with van der Waals surface area (Å²) >= 11 is 43.4. The minimum Gasteiger partial charge on any atom is -0.346 e. The highest BCUT2D eigenvalue weighted by molar-refractivity contribution is 6.68. The van der Waals surface area contributed by atoms with Gasteiger partial charge in [0, 0.05) is 44.6 Å². The van der Waals surface area contributed by atoms with Crippen molar-refractivity contribution < 1.29 is 0 Å². The van der Waals surface area contributed by atoms with Crippen molar-refractivity contribution in [3.05, 3.63) is 56.5 Å². The Balaban J connectivity index is 2.04. The van der Waals surface area contributed by atoms with Gasteiger partial charge in [-0.2, -0.15) is 0 Å². The van der Waals surface area contributed by atoms with Crippen molar-refractivity contribution >= 4 is 92.6 Å². The molecule has 0 aromatic heterocycles. The van der Waals surface area contributed by atoms with Crippen molar-refractivity contribution in [3.63, 3.8) is 0 Å². The number of halogens is 7. The maximum Gasteiger partial charge on any atom is 0.228 e. The van der Waals surface area contributed by atoms with Gasteiger partial charge in [-0.3, -0.25) is 0 Å². The van der Waals surface area contributed by atoms with Crippen molar-refractivity contribution in [2.75, 3.05) is 22.9 Å². The summed E-state index contributed by atoms with van der Waals surface area (Å²) < 4.78 is -1.60. The predicted octanol–water partition coefficient (Wildman–Crippen LogP) is 7.32. The molecule has 0 spiro atoms. The van der Waals surface area contributed by atoms with E-state index in [9.17, 15) is 0 Å². The predicted molar refractivity (Wildman–Crippen MR) is 112 cm³/mol. The number of hydrogen-bond donors (Lipinski definition) is 0. The molecule has 0 amide bonds. The number of benzene rings is 2. The third-order valence-electron chi connectivity index (χ3n) is 3.82. The number of nitrogens with zero attached hydrogens (tertiary/aromatic N) is 2. The lowest BCUT2D eigenvalue weighted by Crippen LogP contribution is -2.48. The third kappa shape index (κ3) is 4.50. The van der Waals surface area contributed by atoms with Crippen molar-refractivity contribution in [2.24, 2.45) is 0 Å². The maximum absolute atomic E-state index is 6.30. The fourth-order valence-corrected chi connectivity index (χ4v) is 4.67. The number of hydrogen-bond acceptors (Lipinski definition) is 2. The van der Waals surface area contributed by atoms with Crippen molar-refractivity contribution in [1.29, 1.82) is 0 Å². The van der Waals surface area contributed by atoms with Gasteiger partial charge >= 0.3 is 0 Å². The van der Waals surface area contributed by atoms with Crippen molar-refractivity contribution in [1.82, 2.24) is 0 Å². The summed E-state index contributed by atoms with van der Waals surface area (Å²) in [6.07, 6.45) is -0.582. The largest absolute Gasteiger partial charge is 0.346 e. The Morgan fingerprint density at radius 2 is 0.960 bits per heavy atom. The third-order valence-corrected chi connectivity index (χ3v) is 5.28. The first-order valence-electron chi connectivity index (χ1n) is 7.17. The average Bonchev–Trinajstić information content (AvgIpc) is 2.90. The van der Waals surface area contributed by atoms with Gasteiger partial charge in [0.25, 0.3) is 0 Å². The molecule has 3 rings (SSSR count). The van der Waals surface area contributed by atoms with Crippen molar-refractivity contribution in [3.8, 4) is 0 Å². The van der Waals surface area contributed by atoms with E-state index < -0.39 is 9.96 Å². The summed E-state index contributed by atoms with van der Waals surface area (Å²) in [5, 5.41) is 2.04. The van der Waals surface area contributed by atoms with Crippen LogP contribution in [0.5, 0.6) is 0 Å². The Hall–Kier alpha value is 0.0700. The number of alkyl halides is 3. The first-order chi connectivity index (χ1) is 11.6. The molecule has 1 aliphatic rings. The molecule has 2 aromatic carbocycles. The zero-order valence-electron chi connectivity index (χ0n) is 12.5. The second-order valence-corrected chi connectivity index (χ2v) is 9.67. The van der Waals surface area contributed by atoms with Crippen molar-refractivity contribution in [2.45, 2.75) is 9.96 Å². The first-order valence-corrected chi connectivity index (χ1v) is 9.82. The van der Waals surface area contributed by atoms with E-state index in [1.54, 1.807) is 36.4 Å². The Kier molecular flexibility index (Phi) is 6.02. The molecule has 0 unspecified atom stereocenters. The topological polar surface area (TPSA) is 6.48 Å². The molecule has 134 valence electrons. The number of rotatable bonds is 2. The van der Waals surface area contributed by atoms with Gasteiger partial charge in [-0.25, -0.2) is 0 Å². The number of anilines is 2. The fourth-order valence-electron chi connectivity index (χ4n) is 2.93. The van der Waals surface area contributed by atoms with Gasteiger partial charge in [0.05, 0.1) is 0 Å². The second kappa shape index (κ2) is 7.59. The van der Waals surface area contributed by atoms with Gasteiger partial charge in [0.15, 0.2) is 6.17 Å². The fraction of sp³-hybridized carbons (Fsp3) is 0.250. The highest BCUT2D eigenvalue weighted by atomic mass is 35.6. The lowest BCUT2D eigenvalue weighted by atomic mass is 10.2. The standard InChI is InChI=1S/C16H11Cl7N2/c17-9-3-10(18)6-13(5-9)24-1-2-25(15(24)16(21,22)23)14-7-11(19)4-12(20)8-14/h3-8,15H,1-2H2. The lowest BCUT2D eigenvalue weighted by molar-refractivity contribution is 0.682. The van der Waals surface area contributed by atoms with Gasteiger partial charge in [0.1, 0.15) is 0 Å². The van der Waals surface area contributed by atoms with Crippen LogP contribution in [-0.4, -0.2) is 23.0 Å². The molecule has 1 fully saturated rings. The Morgan fingerprint density at radius 1 is 0.640 bits per heavy atom. The molecule has 2 aromatic rings. The minimum atomic E-state index is -1.60. The molecule has 9 heteroatoms. The molecule has 0 N–H and O–H groups in total. The van der Waals surface area contributed by atoms with E-state index in [1.165, 1.54) is 0 Å². The zero-order valence-corrected chi connectivity index (χ0v) is 17.8. The smallest absolute Gasteiger partial charge is 0.228 e. The molecule has 0 atom stereocenters. The summed E-state index contributed by atoms with van der Waals surface area (Å²) in [5.74, 6) is 0. The van der Waals surface area contributed by atoms with Gasteiger partial charge in [0.2, 0.25) is 3.79 Å². The summed E-state index contributed by atoms with van der Waals surface area (Å²) in [6, 6.07) is 10.4. The van der Waals surface area contributed by atoms with Crippen LogP contribution in [0.2, 0.25) is 20.1 Å². The maximum atomic E-state index is 6.30. The summed E-state index contributed by atoms with van der Waals surface area (Å²) in [4.78, 5) is 3.89. The van der Waals surface area contributed by atoms with Gasteiger partial charge < -0.3 is 9.80 Å². The molecule has 25 heavy (non-hydrogen) atoms. The van der Waals surface area contributed by atoms with Crippen LogP contribution in [0.25, 0.3) is 0 Å². The second-order valence-electron chi connectivity index (χ2n) is 5.56. The van der Waals surface area contributed by atoms with E-state index in [0.29, 0.717) is 33.2 Å². The van der Waals surface area contributed by atoms with E-state index in [2.05, 4.69) is 0 Å². The van der Waals surface area contributed by atoms with E-state index >= 15 is 0 Å². The quantitative estimate of drug-likeness (QED) is 0.417. The minimum absolute atomic E-state index is 0.509. The average molecular weight is 479 g/mol. The summed E-state index contributed by atoms with van der Waals surface area (Å²) in [6.45, 7) is 1.22. The molecule has 0 aliphatic carbocycles. The van der Waals surface area contributed by atoms with Crippen LogP contribution >= 0.6 is 81.2 Å². The van der Waals surface area contributed by atoms with Crippen LogP contribution in [0.4, 0.5) is 11.4 Å². The van der Waals surface area contributed by atoms with Gasteiger partial charge in [-0.1, -0.05) is 81.2 Å². The molecule has 0 radical (unpaired) electrons. The molecule has 1 saturated heterocycles. The highest BCUT2D eigenvalue weighted by Crippen LogP contribution is 2.43. The monoisotopic (exact) mass is 476 g/mol. The zero-order chi connectivity index (χ0) is 18.4. The van der Waals surface area contributed by atoms with Crippen LogP contribution in [0.3, 0.4) is 0 Å². The van der Waals surface area contributed by atoms with E-state index in [1.807, 2.05) is 9.80 Å². The van der Waals surface area contributed by atoms with Gasteiger partial charge in [-0.05, 0) is 36.4 Å². The lowest BCUT2D eigenvalue weighted by Gasteiger charge is -2.37. The van der Waals surface area contributed by atoms with Gasteiger partial charge in [-0.15, -0.1) is 0 Å². The normalized spacial score (nSPS) is 16.0. The SMILES string of the molecule is Clc1cc(Cl)cc(N2CCN(c3cc(Cl)cc(Cl)c3)C2C(Cl)(Cl)Cl)c1. The molecular weight excluding hydrogens is 468 g/mol. The van der Waals surface area contributed by atoms with Crippen LogP contribution in [0.15, 0.2) is 36.4 Å². The summed E-state index contributed by atoms with van der Waals surface area (Å²) in [7, 11) is 0. The van der Waals surface area contributed by atoms with Crippen LogP contribution in [0.1, 0.15) is 0 Å².